The Labute approximate surface area is 107 Å². The van der Waals surface area contributed by atoms with E-state index in [4.69, 9.17) is 0 Å². The van der Waals surface area contributed by atoms with Gasteiger partial charge in [0.2, 0.25) is 0 Å². The van der Waals surface area contributed by atoms with Crippen molar-refractivity contribution in [3.8, 4) is 0 Å². The van der Waals surface area contributed by atoms with E-state index in [1.54, 1.807) is 11.3 Å². The van der Waals surface area contributed by atoms with Crippen molar-refractivity contribution < 1.29 is 0 Å². The molecular weight excluding hydrogens is 326 g/mol. The fourth-order valence-electron chi connectivity index (χ4n) is 1.32. The molecule has 0 N–H and O–H groups in total. The van der Waals surface area contributed by atoms with Crippen LogP contribution in [0.15, 0.2) is 11.7 Å². The normalized spacial score (nSPS) is 12.4. The monoisotopic (exact) mass is 339 g/mol. The van der Waals surface area contributed by atoms with E-state index in [1.807, 2.05) is 11.7 Å². The molecule has 0 aliphatic carbocycles. The van der Waals surface area contributed by atoms with Gasteiger partial charge in [0.1, 0.15) is 0 Å². The summed E-state index contributed by atoms with van der Waals surface area (Å²) >= 11 is 9.01. The van der Waals surface area contributed by atoms with Crippen LogP contribution in [0.25, 0.3) is 0 Å². The average Bonchev–Trinajstić information content (AvgIpc) is 2.66. The van der Waals surface area contributed by atoms with Crippen molar-refractivity contribution >= 4 is 43.2 Å². The molecule has 0 atom stereocenters. The lowest BCUT2D eigenvalue weighted by Gasteiger charge is -2.33. The predicted octanol–water partition coefficient (Wildman–Crippen LogP) is 4.12. The van der Waals surface area contributed by atoms with E-state index >= 15 is 0 Å². The van der Waals surface area contributed by atoms with Gasteiger partial charge >= 0.3 is 0 Å². The van der Waals surface area contributed by atoms with Gasteiger partial charge in [-0.3, -0.25) is 4.98 Å². The minimum absolute atomic E-state index is 0.312. The summed E-state index contributed by atoms with van der Waals surface area (Å²) in [6.07, 6.45) is 3.08. The lowest BCUT2D eigenvalue weighted by atomic mass is 9.78. The van der Waals surface area contributed by atoms with Gasteiger partial charge in [-0.1, -0.05) is 45.7 Å². The molecule has 0 aliphatic heterocycles. The SMILES string of the molecule is CC(C)C(CBr)(CBr)Cc1cncs1. The van der Waals surface area contributed by atoms with E-state index < -0.39 is 0 Å². The Hall–Kier alpha value is 0.590. The van der Waals surface area contributed by atoms with Crippen LogP contribution >= 0.6 is 43.2 Å². The second-order valence-electron chi connectivity index (χ2n) is 3.93. The molecule has 1 nitrogen and oxygen atoms in total. The quantitative estimate of drug-likeness (QED) is 0.735. The smallest absolute Gasteiger partial charge is 0.0794 e. The Morgan fingerprint density at radius 1 is 1.43 bits per heavy atom. The molecule has 0 bridgehead atoms. The number of nitrogens with zero attached hydrogens (tertiary/aromatic N) is 1. The molecule has 0 spiro atoms. The molecular formula is C10H15Br2NS. The second kappa shape index (κ2) is 5.61. The highest BCUT2D eigenvalue weighted by Crippen LogP contribution is 2.36. The van der Waals surface area contributed by atoms with Gasteiger partial charge in [0, 0.05) is 21.7 Å². The fraction of sp³-hybridized carbons (Fsp3) is 0.700. The number of hydrogen-bond acceptors (Lipinski definition) is 2. The molecule has 1 heterocycles. The van der Waals surface area contributed by atoms with Crippen LogP contribution < -0.4 is 0 Å². The van der Waals surface area contributed by atoms with Crippen LogP contribution in [0.4, 0.5) is 0 Å². The molecule has 0 amide bonds. The van der Waals surface area contributed by atoms with E-state index in [1.165, 1.54) is 4.88 Å². The summed E-state index contributed by atoms with van der Waals surface area (Å²) in [5, 5.41) is 2.06. The summed E-state index contributed by atoms with van der Waals surface area (Å²) in [6, 6.07) is 0. The summed E-state index contributed by atoms with van der Waals surface area (Å²) in [5.41, 5.74) is 2.22. The molecule has 0 saturated carbocycles. The average molecular weight is 341 g/mol. The van der Waals surface area contributed by atoms with Crippen LogP contribution in [-0.4, -0.2) is 15.6 Å². The molecule has 0 saturated heterocycles. The highest BCUT2D eigenvalue weighted by Gasteiger charge is 2.32. The van der Waals surface area contributed by atoms with Gasteiger partial charge in [0.05, 0.1) is 5.51 Å². The molecule has 1 aromatic heterocycles. The summed E-state index contributed by atoms with van der Waals surface area (Å²) in [7, 11) is 0. The molecule has 80 valence electrons. The lowest BCUT2D eigenvalue weighted by molar-refractivity contribution is 0.269. The fourth-order valence-corrected chi connectivity index (χ4v) is 4.69. The Balaban J connectivity index is 2.78. The summed E-state index contributed by atoms with van der Waals surface area (Å²) in [5.74, 6) is 0.656. The largest absolute Gasteiger partial charge is 0.253 e. The van der Waals surface area contributed by atoms with Crippen molar-refractivity contribution in [1.29, 1.82) is 0 Å². The van der Waals surface area contributed by atoms with Crippen molar-refractivity contribution in [1.82, 2.24) is 4.98 Å². The highest BCUT2D eigenvalue weighted by molar-refractivity contribution is 9.09. The third kappa shape index (κ3) is 2.80. The minimum Gasteiger partial charge on any atom is -0.253 e. The zero-order chi connectivity index (χ0) is 10.6. The van der Waals surface area contributed by atoms with E-state index in [0.29, 0.717) is 11.3 Å². The standard InChI is InChI=1S/C10H15Br2NS/c1-8(2)10(5-11,6-12)3-9-4-13-7-14-9/h4,7-8H,3,5-6H2,1-2H3. The number of hydrogen-bond donors (Lipinski definition) is 0. The van der Waals surface area contributed by atoms with E-state index in [-0.39, 0.29) is 0 Å². The first kappa shape index (κ1) is 12.7. The van der Waals surface area contributed by atoms with Crippen molar-refractivity contribution in [2.45, 2.75) is 20.3 Å². The van der Waals surface area contributed by atoms with Crippen molar-refractivity contribution in [2.75, 3.05) is 10.7 Å². The first-order valence-corrected chi connectivity index (χ1v) is 7.76. The molecule has 0 aliphatic rings. The zero-order valence-electron chi connectivity index (χ0n) is 8.46. The minimum atomic E-state index is 0.312. The van der Waals surface area contributed by atoms with Gasteiger partial charge in [0.15, 0.2) is 0 Å². The van der Waals surface area contributed by atoms with E-state index in [2.05, 4.69) is 50.7 Å². The van der Waals surface area contributed by atoms with Crippen LogP contribution in [0.2, 0.25) is 0 Å². The zero-order valence-corrected chi connectivity index (χ0v) is 12.5. The van der Waals surface area contributed by atoms with E-state index in [9.17, 15) is 0 Å². The maximum Gasteiger partial charge on any atom is 0.0794 e. The van der Waals surface area contributed by atoms with Gasteiger partial charge in [0.25, 0.3) is 0 Å². The Morgan fingerprint density at radius 3 is 2.43 bits per heavy atom. The summed E-state index contributed by atoms with van der Waals surface area (Å²) in [4.78, 5) is 5.49. The molecule has 1 rings (SSSR count). The predicted molar refractivity (Wildman–Crippen MR) is 70.7 cm³/mol. The van der Waals surface area contributed by atoms with Crippen LogP contribution in [0.3, 0.4) is 0 Å². The number of thiazole rings is 1. The van der Waals surface area contributed by atoms with Crippen molar-refractivity contribution in [3.63, 3.8) is 0 Å². The highest BCUT2D eigenvalue weighted by atomic mass is 79.9. The third-order valence-corrected chi connectivity index (χ3v) is 5.78. The van der Waals surface area contributed by atoms with Crippen LogP contribution in [0.5, 0.6) is 0 Å². The lowest BCUT2D eigenvalue weighted by Crippen LogP contribution is -2.33. The molecule has 0 radical (unpaired) electrons. The van der Waals surface area contributed by atoms with E-state index in [0.717, 1.165) is 17.1 Å². The topological polar surface area (TPSA) is 12.9 Å². The first-order valence-electron chi connectivity index (χ1n) is 4.64. The maximum atomic E-state index is 4.12. The van der Waals surface area contributed by atoms with Crippen LogP contribution in [0, 0.1) is 11.3 Å². The first-order chi connectivity index (χ1) is 6.64. The second-order valence-corrected chi connectivity index (χ2v) is 6.02. The number of alkyl halides is 2. The summed E-state index contributed by atoms with van der Waals surface area (Å²) in [6.45, 7) is 4.56. The molecule has 4 heteroatoms. The number of aromatic nitrogens is 1. The van der Waals surface area contributed by atoms with Gasteiger partial charge in [-0.2, -0.15) is 0 Å². The third-order valence-electron chi connectivity index (χ3n) is 2.77. The molecule has 0 fully saturated rings. The van der Waals surface area contributed by atoms with Crippen LogP contribution in [0.1, 0.15) is 18.7 Å². The Kier molecular flexibility index (Phi) is 5.08. The number of rotatable bonds is 5. The van der Waals surface area contributed by atoms with Crippen molar-refractivity contribution in [3.05, 3.63) is 16.6 Å². The van der Waals surface area contributed by atoms with Crippen LogP contribution in [-0.2, 0) is 6.42 Å². The van der Waals surface area contributed by atoms with Crippen molar-refractivity contribution in [2.24, 2.45) is 11.3 Å². The van der Waals surface area contributed by atoms with Gasteiger partial charge in [-0.05, 0) is 17.8 Å². The van der Waals surface area contributed by atoms with Gasteiger partial charge in [-0.15, -0.1) is 11.3 Å². The number of halogens is 2. The molecule has 1 aromatic rings. The van der Waals surface area contributed by atoms with Gasteiger partial charge in [-0.25, -0.2) is 0 Å². The molecule has 0 aromatic carbocycles. The molecule has 0 unspecified atom stereocenters. The Morgan fingerprint density at radius 2 is 2.07 bits per heavy atom. The Bertz CT molecular complexity index is 255. The summed E-state index contributed by atoms with van der Waals surface area (Å²) < 4.78 is 0. The maximum absolute atomic E-state index is 4.12. The van der Waals surface area contributed by atoms with Gasteiger partial charge < -0.3 is 0 Å². The molecule has 14 heavy (non-hydrogen) atoms.